The van der Waals surface area contributed by atoms with Crippen LogP contribution in [0.1, 0.15) is 39.5 Å². The van der Waals surface area contributed by atoms with Gasteiger partial charge >= 0.3 is 5.97 Å². The summed E-state index contributed by atoms with van der Waals surface area (Å²) in [6, 6.07) is 0. The summed E-state index contributed by atoms with van der Waals surface area (Å²) in [5.74, 6) is 0.492. The summed E-state index contributed by atoms with van der Waals surface area (Å²) in [4.78, 5) is 11.1. The minimum Gasteiger partial charge on any atom is -0.466 e. The first-order valence-electron chi connectivity index (χ1n) is 5.25. The summed E-state index contributed by atoms with van der Waals surface area (Å²) in [6.45, 7) is 4.70. The zero-order chi connectivity index (χ0) is 11.7. The Labute approximate surface area is 93.7 Å². The number of carbonyl (C=O) groups is 1. The molecule has 0 bridgehead atoms. The van der Waals surface area contributed by atoms with Crippen molar-refractivity contribution >= 4 is 17.0 Å². The number of rotatable bonds is 8. The molecule has 1 atom stereocenters. The lowest BCUT2D eigenvalue weighted by molar-refractivity contribution is -0.143. The van der Waals surface area contributed by atoms with Crippen molar-refractivity contribution in [2.24, 2.45) is 5.92 Å². The molecule has 0 aliphatic rings. The molecule has 0 rings (SSSR count). The van der Waals surface area contributed by atoms with Gasteiger partial charge in [0.15, 0.2) is 11.1 Å². The van der Waals surface area contributed by atoms with Crippen molar-refractivity contribution in [1.29, 1.82) is 0 Å². The summed E-state index contributed by atoms with van der Waals surface area (Å²) in [5, 5.41) is 0. The SMILES string of the molecule is CC(C)CCCOC(=O)CCCS(=O)O. The molecule has 0 aliphatic heterocycles. The van der Waals surface area contributed by atoms with Gasteiger partial charge in [-0.2, -0.15) is 0 Å². The average Bonchev–Trinajstić information content (AvgIpc) is 2.11. The van der Waals surface area contributed by atoms with Gasteiger partial charge in [0, 0.05) is 12.2 Å². The third-order valence-electron chi connectivity index (χ3n) is 1.89. The van der Waals surface area contributed by atoms with E-state index in [4.69, 9.17) is 9.29 Å². The van der Waals surface area contributed by atoms with Crippen LogP contribution in [0.15, 0.2) is 0 Å². The van der Waals surface area contributed by atoms with Gasteiger partial charge in [0.2, 0.25) is 0 Å². The van der Waals surface area contributed by atoms with E-state index in [0.717, 1.165) is 12.8 Å². The van der Waals surface area contributed by atoms with E-state index in [1.54, 1.807) is 0 Å². The van der Waals surface area contributed by atoms with Gasteiger partial charge in [-0.05, 0) is 25.2 Å². The van der Waals surface area contributed by atoms with Gasteiger partial charge in [-0.15, -0.1) is 0 Å². The van der Waals surface area contributed by atoms with Gasteiger partial charge in [-0.1, -0.05) is 13.8 Å². The molecule has 1 N–H and O–H groups in total. The predicted molar refractivity (Wildman–Crippen MR) is 59.9 cm³/mol. The number of ether oxygens (including phenoxy) is 1. The van der Waals surface area contributed by atoms with Crippen LogP contribution in [0, 0.1) is 5.92 Å². The highest BCUT2D eigenvalue weighted by molar-refractivity contribution is 7.79. The minimum atomic E-state index is -1.80. The Kier molecular flexibility index (Phi) is 8.61. The summed E-state index contributed by atoms with van der Waals surface area (Å²) in [7, 11) is 0. The molecule has 0 aromatic heterocycles. The van der Waals surface area contributed by atoms with Crippen LogP contribution in [0.2, 0.25) is 0 Å². The Hall–Kier alpha value is -0.420. The number of esters is 1. The van der Waals surface area contributed by atoms with Crippen LogP contribution in [0.4, 0.5) is 0 Å². The van der Waals surface area contributed by atoms with E-state index < -0.39 is 11.1 Å². The van der Waals surface area contributed by atoms with E-state index in [2.05, 4.69) is 13.8 Å². The quantitative estimate of drug-likeness (QED) is 0.397. The third kappa shape index (κ3) is 11.5. The molecule has 0 heterocycles. The summed E-state index contributed by atoms with van der Waals surface area (Å²) in [5.41, 5.74) is 0. The molecular formula is C10H20O4S. The number of carbonyl (C=O) groups excluding carboxylic acids is 1. The van der Waals surface area contributed by atoms with Crippen molar-refractivity contribution in [1.82, 2.24) is 0 Å². The second-order valence-electron chi connectivity index (χ2n) is 3.89. The zero-order valence-electron chi connectivity index (χ0n) is 9.40. The first-order valence-corrected chi connectivity index (χ1v) is 6.53. The predicted octanol–water partition coefficient (Wildman–Crippen LogP) is 1.97. The molecule has 0 aromatic rings. The normalized spacial score (nSPS) is 12.8. The van der Waals surface area contributed by atoms with Crippen molar-refractivity contribution in [2.45, 2.75) is 39.5 Å². The molecule has 0 amide bonds. The van der Waals surface area contributed by atoms with Crippen LogP contribution in [0.5, 0.6) is 0 Å². The lowest BCUT2D eigenvalue weighted by Gasteiger charge is -2.05. The largest absolute Gasteiger partial charge is 0.466 e. The molecule has 0 saturated heterocycles. The maximum atomic E-state index is 11.1. The van der Waals surface area contributed by atoms with Crippen LogP contribution in [-0.2, 0) is 20.6 Å². The molecule has 0 saturated carbocycles. The monoisotopic (exact) mass is 236 g/mol. The fourth-order valence-electron chi connectivity index (χ4n) is 1.09. The third-order valence-corrected chi connectivity index (χ3v) is 2.53. The van der Waals surface area contributed by atoms with Crippen molar-refractivity contribution in [3.63, 3.8) is 0 Å². The second-order valence-corrected chi connectivity index (χ2v) is 4.94. The van der Waals surface area contributed by atoms with Gasteiger partial charge in [0.25, 0.3) is 0 Å². The molecule has 0 aromatic carbocycles. The van der Waals surface area contributed by atoms with E-state index in [1.165, 1.54) is 0 Å². The zero-order valence-corrected chi connectivity index (χ0v) is 10.2. The van der Waals surface area contributed by atoms with E-state index in [1.807, 2.05) is 0 Å². The summed E-state index contributed by atoms with van der Waals surface area (Å²) >= 11 is -1.80. The summed E-state index contributed by atoms with van der Waals surface area (Å²) in [6.07, 6.45) is 2.57. The average molecular weight is 236 g/mol. The molecular weight excluding hydrogens is 216 g/mol. The Balaban J connectivity index is 3.30. The van der Waals surface area contributed by atoms with Gasteiger partial charge in [0.1, 0.15) is 0 Å². The summed E-state index contributed by atoms with van der Waals surface area (Å²) < 4.78 is 23.7. The highest BCUT2D eigenvalue weighted by Gasteiger charge is 2.04. The van der Waals surface area contributed by atoms with Gasteiger partial charge in [-0.3, -0.25) is 4.79 Å². The fraction of sp³-hybridized carbons (Fsp3) is 0.900. The Morgan fingerprint density at radius 1 is 1.40 bits per heavy atom. The first kappa shape index (κ1) is 14.6. The maximum Gasteiger partial charge on any atom is 0.305 e. The standard InChI is InChI=1S/C10H20O4S/c1-9(2)5-3-7-14-10(11)6-4-8-15(12)13/h9H,3-8H2,1-2H3,(H,12,13). The van der Waals surface area contributed by atoms with Gasteiger partial charge in [0.05, 0.1) is 6.61 Å². The topological polar surface area (TPSA) is 63.6 Å². The smallest absolute Gasteiger partial charge is 0.305 e. The number of hydrogen-bond donors (Lipinski definition) is 1. The van der Waals surface area contributed by atoms with E-state index in [-0.39, 0.29) is 18.1 Å². The van der Waals surface area contributed by atoms with Crippen molar-refractivity contribution < 1.29 is 18.3 Å². The van der Waals surface area contributed by atoms with Crippen LogP contribution in [0.25, 0.3) is 0 Å². The van der Waals surface area contributed by atoms with Gasteiger partial charge in [-0.25, -0.2) is 4.21 Å². The Bertz CT molecular complexity index is 204. The molecule has 0 fully saturated rings. The molecule has 1 unspecified atom stereocenters. The molecule has 15 heavy (non-hydrogen) atoms. The first-order chi connectivity index (χ1) is 7.02. The van der Waals surface area contributed by atoms with Crippen molar-refractivity contribution in [3.05, 3.63) is 0 Å². The van der Waals surface area contributed by atoms with Gasteiger partial charge < -0.3 is 9.29 Å². The van der Waals surface area contributed by atoms with E-state index in [0.29, 0.717) is 18.9 Å². The molecule has 90 valence electrons. The van der Waals surface area contributed by atoms with E-state index >= 15 is 0 Å². The van der Waals surface area contributed by atoms with Crippen molar-refractivity contribution in [3.8, 4) is 0 Å². The molecule has 0 spiro atoms. The molecule has 0 radical (unpaired) electrons. The highest BCUT2D eigenvalue weighted by Crippen LogP contribution is 2.04. The molecule has 5 heteroatoms. The van der Waals surface area contributed by atoms with Crippen LogP contribution in [0.3, 0.4) is 0 Å². The number of hydrogen-bond acceptors (Lipinski definition) is 3. The Morgan fingerprint density at radius 3 is 2.60 bits per heavy atom. The van der Waals surface area contributed by atoms with Crippen molar-refractivity contribution in [2.75, 3.05) is 12.4 Å². The van der Waals surface area contributed by atoms with Crippen LogP contribution >= 0.6 is 0 Å². The fourth-order valence-corrected chi connectivity index (χ4v) is 1.48. The lowest BCUT2D eigenvalue weighted by atomic mass is 10.1. The maximum absolute atomic E-state index is 11.1. The highest BCUT2D eigenvalue weighted by atomic mass is 32.2. The molecule has 0 aliphatic carbocycles. The lowest BCUT2D eigenvalue weighted by Crippen LogP contribution is -2.08. The van der Waals surface area contributed by atoms with Crippen LogP contribution < -0.4 is 0 Å². The second kappa shape index (κ2) is 8.85. The Morgan fingerprint density at radius 2 is 2.07 bits per heavy atom. The van der Waals surface area contributed by atoms with Crippen LogP contribution in [-0.4, -0.2) is 27.1 Å². The molecule has 4 nitrogen and oxygen atoms in total. The van der Waals surface area contributed by atoms with E-state index in [9.17, 15) is 9.00 Å². The minimum absolute atomic E-state index is 0.140.